The van der Waals surface area contributed by atoms with E-state index in [4.69, 9.17) is 0 Å². The zero-order valence-electron chi connectivity index (χ0n) is 11.5. The maximum atomic E-state index is 13.2. The Morgan fingerprint density at radius 2 is 1.71 bits per heavy atom. The third kappa shape index (κ3) is 3.62. The Labute approximate surface area is 132 Å². The fourth-order valence-corrected chi connectivity index (χ4v) is 3.14. The van der Waals surface area contributed by atoms with Gasteiger partial charge < -0.3 is 0 Å². The van der Waals surface area contributed by atoms with Crippen LogP contribution in [0.1, 0.15) is 5.56 Å². The molecule has 0 aliphatic rings. The highest BCUT2D eigenvalue weighted by Crippen LogP contribution is 2.34. The van der Waals surface area contributed by atoms with Gasteiger partial charge in [0, 0.05) is 6.07 Å². The van der Waals surface area contributed by atoms with E-state index in [-0.39, 0.29) is 0 Å². The number of hydrogen-bond donors (Lipinski definition) is 1. The lowest BCUT2D eigenvalue weighted by molar-refractivity contribution is -0.387. The molecule has 0 saturated carbocycles. The van der Waals surface area contributed by atoms with E-state index in [2.05, 4.69) is 0 Å². The SMILES string of the molecule is O=[N+]([O-])c1cc(NS(=O)(=O)c2ccccc2C(F)(F)F)ccc1F. The fourth-order valence-electron chi connectivity index (χ4n) is 1.86. The molecule has 0 bridgehead atoms. The van der Waals surface area contributed by atoms with Crippen molar-refractivity contribution < 1.29 is 30.9 Å². The molecule has 0 amide bonds. The normalized spacial score (nSPS) is 12.0. The third-order valence-corrected chi connectivity index (χ3v) is 4.32. The lowest BCUT2D eigenvalue weighted by Gasteiger charge is -2.14. The largest absolute Gasteiger partial charge is 0.417 e. The number of rotatable bonds is 4. The number of nitro groups is 1. The predicted octanol–water partition coefficient (Wildman–Crippen LogP) is 3.55. The summed E-state index contributed by atoms with van der Waals surface area (Å²) in [7, 11) is -4.70. The van der Waals surface area contributed by atoms with E-state index in [1.165, 1.54) is 0 Å². The molecule has 2 rings (SSSR count). The maximum Gasteiger partial charge on any atom is 0.417 e. The van der Waals surface area contributed by atoms with Gasteiger partial charge in [-0.2, -0.15) is 17.6 Å². The van der Waals surface area contributed by atoms with Gasteiger partial charge in [0.15, 0.2) is 0 Å². The van der Waals surface area contributed by atoms with Gasteiger partial charge in [-0.3, -0.25) is 14.8 Å². The van der Waals surface area contributed by atoms with Gasteiger partial charge in [-0.25, -0.2) is 8.42 Å². The first-order valence-electron chi connectivity index (χ1n) is 6.15. The van der Waals surface area contributed by atoms with Crippen molar-refractivity contribution in [3.63, 3.8) is 0 Å². The van der Waals surface area contributed by atoms with Crippen LogP contribution in [0.2, 0.25) is 0 Å². The van der Waals surface area contributed by atoms with Crippen LogP contribution in [-0.2, 0) is 16.2 Å². The average molecular weight is 364 g/mol. The van der Waals surface area contributed by atoms with E-state index >= 15 is 0 Å². The second-order valence-electron chi connectivity index (χ2n) is 4.52. The topological polar surface area (TPSA) is 89.3 Å². The summed E-state index contributed by atoms with van der Waals surface area (Å²) in [6.07, 6.45) is -4.92. The van der Waals surface area contributed by atoms with Crippen molar-refractivity contribution in [1.82, 2.24) is 0 Å². The summed E-state index contributed by atoms with van der Waals surface area (Å²) in [6.45, 7) is 0. The summed E-state index contributed by atoms with van der Waals surface area (Å²) >= 11 is 0. The van der Waals surface area contributed by atoms with Crippen LogP contribution in [0, 0.1) is 15.9 Å². The van der Waals surface area contributed by atoms with Crippen molar-refractivity contribution in [1.29, 1.82) is 0 Å². The van der Waals surface area contributed by atoms with E-state index < -0.39 is 48.8 Å². The van der Waals surface area contributed by atoms with Crippen LogP contribution in [0.25, 0.3) is 0 Å². The van der Waals surface area contributed by atoms with Crippen molar-refractivity contribution in [2.24, 2.45) is 0 Å². The van der Waals surface area contributed by atoms with Gasteiger partial charge in [-0.15, -0.1) is 0 Å². The monoisotopic (exact) mass is 364 g/mol. The Hall–Kier alpha value is -2.69. The highest BCUT2D eigenvalue weighted by molar-refractivity contribution is 7.92. The van der Waals surface area contributed by atoms with Gasteiger partial charge in [0.25, 0.3) is 10.0 Å². The molecule has 0 saturated heterocycles. The minimum absolute atomic E-state index is 0.444. The van der Waals surface area contributed by atoms with Crippen molar-refractivity contribution in [3.05, 3.63) is 64.0 Å². The van der Waals surface area contributed by atoms with Gasteiger partial charge >= 0.3 is 11.9 Å². The summed E-state index contributed by atoms with van der Waals surface area (Å²) < 4.78 is 78.0. The number of hydrogen-bond acceptors (Lipinski definition) is 4. The number of alkyl halides is 3. The first-order chi connectivity index (χ1) is 11.0. The van der Waals surface area contributed by atoms with E-state index in [0.29, 0.717) is 18.2 Å². The summed E-state index contributed by atoms with van der Waals surface area (Å²) in [4.78, 5) is 8.50. The molecule has 0 unspecified atom stereocenters. The Balaban J connectivity index is 2.48. The lowest BCUT2D eigenvalue weighted by atomic mass is 10.2. The van der Waals surface area contributed by atoms with E-state index in [1.54, 1.807) is 4.72 Å². The Morgan fingerprint density at radius 1 is 1.08 bits per heavy atom. The minimum Gasteiger partial charge on any atom is -0.279 e. The van der Waals surface area contributed by atoms with Crippen LogP contribution in [0.5, 0.6) is 0 Å². The summed E-state index contributed by atoms with van der Waals surface area (Å²) in [5.41, 5.74) is -2.85. The summed E-state index contributed by atoms with van der Waals surface area (Å²) in [5, 5.41) is 10.6. The predicted molar refractivity (Wildman–Crippen MR) is 75.3 cm³/mol. The maximum absolute atomic E-state index is 13.2. The molecule has 0 aromatic heterocycles. The van der Waals surface area contributed by atoms with Gasteiger partial charge in [0.2, 0.25) is 5.82 Å². The van der Waals surface area contributed by atoms with Crippen LogP contribution >= 0.6 is 0 Å². The molecule has 11 heteroatoms. The molecule has 0 spiro atoms. The number of nitro benzene ring substituents is 1. The Bertz CT molecular complexity index is 897. The molecule has 0 fully saturated rings. The molecule has 6 nitrogen and oxygen atoms in total. The fraction of sp³-hybridized carbons (Fsp3) is 0.0769. The van der Waals surface area contributed by atoms with Crippen molar-refractivity contribution >= 4 is 21.4 Å². The quantitative estimate of drug-likeness (QED) is 0.510. The number of nitrogens with one attached hydrogen (secondary N) is 1. The molecule has 2 aromatic carbocycles. The molecular formula is C13H8F4N2O4S. The van der Waals surface area contributed by atoms with E-state index in [9.17, 15) is 36.1 Å². The van der Waals surface area contributed by atoms with Crippen LogP contribution in [0.15, 0.2) is 47.4 Å². The van der Waals surface area contributed by atoms with Gasteiger partial charge in [-0.1, -0.05) is 12.1 Å². The molecule has 0 aliphatic carbocycles. The summed E-state index contributed by atoms with van der Waals surface area (Å²) in [5.74, 6) is -1.21. The van der Waals surface area contributed by atoms with Gasteiger partial charge in [0.05, 0.1) is 21.1 Å². The van der Waals surface area contributed by atoms with Crippen molar-refractivity contribution in [3.8, 4) is 0 Å². The van der Waals surface area contributed by atoms with Crippen molar-refractivity contribution in [2.45, 2.75) is 11.1 Å². The second-order valence-corrected chi connectivity index (χ2v) is 6.17. The third-order valence-electron chi connectivity index (χ3n) is 2.88. The molecule has 0 radical (unpaired) electrons. The zero-order chi connectivity index (χ0) is 18.1. The average Bonchev–Trinajstić information content (AvgIpc) is 2.48. The molecule has 0 heterocycles. The van der Waals surface area contributed by atoms with E-state index in [1.807, 2.05) is 0 Å². The van der Waals surface area contributed by atoms with E-state index in [0.717, 1.165) is 24.3 Å². The van der Waals surface area contributed by atoms with Crippen molar-refractivity contribution in [2.75, 3.05) is 4.72 Å². The Morgan fingerprint density at radius 3 is 2.29 bits per heavy atom. The smallest absolute Gasteiger partial charge is 0.279 e. The summed E-state index contributed by atoms with van der Waals surface area (Å²) in [6, 6.07) is 5.50. The molecule has 0 atom stereocenters. The highest BCUT2D eigenvalue weighted by Gasteiger charge is 2.37. The minimum atomic E-state index is -4.92. The molecule has 2 aromatic rings. The number of nitrogens with zero attached hydrogens (tertiary/aromatic N) is 1. The highest BCUT2D eigenvalue weighted by atomic mass is 32.2. The molecule has 0 aliphatic heterocycles. The van der Waals surface area contributed by atoms with Gasteiger partial charge in [0.1, 0.15) is 0 Å². The number of anilines is 1. The van der Waals surface area contributed by atoms with Crippen LogP contribution in [0.3, 0.4) is 0 Å². The second kappa shape index (κ2) is 6.07. The number of sulfonamides is 1. The molecule has 128 valence electrons. The van der Waals surface area contributed by atoms with Crippen LogP contribution in [-0.4, -0.2) is 13.3 Å². The molecule has 1 N–H and O–H groups in total. The first kappa shape index (κ1) is 17.7. The lowest BCUT2D eigenvalue weighted by Crippen LogP contribution is -2.19. The van der Waals surface area contributed by atoms with Crippen LogP contribution in [0.4, 0.5) is 28.9 Å². The molecule has 24 heavy (non-hydrogen) atoms. The number of benzene rings is 2. The van der Waals surface area contributed by atoms with Gasteiger partial charge in [-0.05, 0) is 24.3 Å². The number of halogens is 4. The van der Waals surface area contributed by atoms with Crippen LogP contribution < -0.4 is 4.72 Å². The standard InChI is InChI=1S/C13H8F4N2O4S/c14-10-6-5-8(7-11(10)19(20)21)18-24(22,23)12-4-2-1-3-9(12)13(15,16)17/h1-7,18H. The Kier molecular flexibility index (Phi) is 4.47. The first-order valence-corrected chi connectivity index (χ1v) is 7.63. The zero-order valence-corrected chi connectivity index (χ0v) is 12.4. The molecular weight excluding hydrogens is 356 g/mol.